The Morgan fingerprint density at radius 2 is 2.22 bits per heavy atom. The number of hydrazine groups is 1. The van der Waals surface area contributed by atoms with Gasteiger partial charge in [-0.15, -0.1) is 0 Å². The van der Waals surface area contributed by atoms with Crippen LogP contribution in [0, 0.1) is 0 Å². The van der Waals surface area contributed by atoms with Crippen LogP contribution in [0.2, 0.25) is 0 Å². The fraction of sp³-hybridized carbons (Fsp3) is 0.800. The zero-order chi connectivity index (χ0) is 6.85. The molecular formula is C5H10N2S2. The Bertz CT molecular complexity index is 126. The second-order valence-electron chi connectivity index (χ2n) is 1.96. The van der Waals surface area contributed by atoms with Crippen molar-refractivity contribution < 1.29 is 0 Å². The molecule has 1 heterocycles. The predicted octanol–water partition coefficient (Wildman–Crippen LogP) is 1.14. The minimum atomic E-state index is 1.04. The van der Waals surface area contributed by atoms with E-state index in [0.29, 0.717) is 0 Å². The maximum atomic E-state index is 5.08. The van der Waals surface area contributed by atoms with Gasteiger partial charge < -0.3 is 0 Å². The van der Waals surface area contributed by atoms with Crippen molar-refractivity contribution in [2.75, 3.05) is 19.8 Å². The first kappa shape index (κ1) is 7.31. The first-order valence-corrected chi connectivity index (χ1v) is 4.20. The van der Waals surface area contributed by atoms with E-state index in [1.165, 1.54) is 0 Å². The van der Waals surface area contributed by atoms with Gasteiger partial charge in [-0.1, -0.05) is 24.2 Å². The molecule has 0 aromatic carbocycles. The quantitative estimate of drug-likeness (QED) is 0.389. The van der Waals surface area contributed by atoms with Crippen LogP contribution in [0.15, 0.2) is 0 Å². The van der Waals surface area contributed by atoms with E-state index in [1.54, 1.807) is 11.9 Å². The number of rotatable bonds is 0. The van der Waals surface area contributed by atoms with Gasteiger partial charge in [0.2, 0.25) is 0 Å². The Hall–Kier alpha value is 0.200. The molecule has 0 aromatic rings. The summed E-state index contributed by atoms with van der Waals surface area (Å²) < 4.78 is 2.06. The van der Waals surface area contributed by atoms with Gasteiger partial charge in [-0.3, -0.25) is 5.01 Å². The molecule has 1 fully saturated rings. The Kier molecular flexibility index (Phi) is 2.32. The molecule has 0 aromatic heterocycles. The molecule has 0 amide bonds. The highest BCUT2D eigenvalue weighted by molar-refractivity contribution is 7.97. The van der Waals surface area contributed by atoms with Crippen molar-refractivity contribution in [3.8, 4) is 0 Å². The lowest BCUT2D eigenvalue weighted by molar-refractivity contribution is 0.240. The van der Waals surface area contributed by atoms with Crippen LogP contribution in [-0.2, 0) is 0 Å². The topological polar surface area (TPSA) is 6.48 Å². The molecule has 0 unspecified atom stereocenters. The fourth-order valence-corrected chi connectivity index (χ4v) is 1.90. The highest BCUT2D eigenvalue weighted by atomic mass is 32.2. The lowest BCUT2D eigenvalue weighted by Gasteiger charge is -2.33. The molecule has 0 saturated carbocycles. The van der Waals surface area contributed by atoms with Crippen molar-refractivity contribution in [1.82, 2.24) is 9.42 Å². The van der Waals surface area contributed by atoms with Gasteiger partial charge >= 0.3 is 0 Å². The van der Waals surface area contributed by atoms with Gasteiger partial charge in [0.05, 0.1) is 4.99 Å². The molecule has 9 heavy (non-hydrogen) atoms. The molecular weight excluding hydrogens is 152 g/mol. The zero-order valence-electron chi connectivity index (χ0n) is 5.63. The van der Waals surface area contributed by atoms with E-state index in [0.717, 1.165) is 17.2 Å². The van der Waals surface area contributed by atoms with Crippen molar-refractivity contribution >= 4 is 29.2 Å². The largest absolute Gasteiger partial charge is 0.293 e. The fourth-order valence-electron chi connectivity index (χ4n) is 0.671. The van der Waals surface area contributed by atoms with E-state index in [4.69, 9.17) is 12.2 Å². The van der Waals surface area contributed by atoms with Crippen molar-refractivity contribution in [3.05, 3.63) is 0 Å². The van der Waals surface area contributed by atoms with E-state index in [-0.39, 0.29) is 0 Å². The first-order valence-electron chi connectivity index (χ1n) is 2.85. The Labute approximate surface area is 65.3 Å². The highest BCUT2D eigenvalue weighted by Crippen LogP contribution is 2.18. The summed E-state index contributed by atoms with van der Waals surface area (Å²) in [6, 6.07) is 0. The molecule has 0 bridgehead atoms. The van der Waals surface area contributed by atoms with Crippen LogP contribution in [0.4, 0.5) is 0 Å². The monoisotopic (exact) mass is 162 g/mol. The molecule has 1 aliphatic heterocycles. The minimum absolute atomic E-state index is 1.04. The van der Waals surface area contributed by atoms with Gasteiger partial charge in [0.1, 0.15) is 0 Å². The summed E-state index contributed by atoms with van der Waals surface area (Å²) in [5, 5.41) is 2.00. The summed E-state index contributed by atoms with van der Waals surface area (Å²) >= 11 is 6.88. The molecule has 2 nitrogen and oxygen atoms in total. The maximum absolute atomic E-state index is 5.08. The number of hydrogen-bond donors (Lipinski definition) is 0. The SMILES string of the molecule is CN1SCCC(=S)N1C. The first-order chi connectivity index (χ1) is 4.22. The van der Waals surface area contributed by atoms with Gasteiger partial charge in [0, 0.05) is 26.3 Å². The van der Waals surface area contributed by atoms with Gasteiger partial charge in [-0.25, -0.2) is 0 Å². The summed E-state index contributed by atoms with van der Waals surface area (Å²) in [7, 11) is 4.02. The Morgan fingerprint density at radius 3 is 2.67 bits per heavy atom. The molecule has 0 N–H and O–H groups in total. The average Bonchev–Trinajstić information content (AvgIpc) is 1.83. The Balaban J connectivity index is 2.51. The lowest BCUT2D eigenvalue weighted by Crippen LogP contribution is -2.39. The van der Waals surface area contributed by atoms with Gasteiger partial charge in [-0.05, 0) is 0 Å². The van der Waals surface area contributed by atoms with E-state index >= 15 is 0 Å². The number of thiocarbonyl (C=S) groups is 1. The molecule has 52 valence electrons. The van der Waals surface area contributed by atoms with E-state index in [9.17, 15) is 0 Å². The van der Waals surface area contributed by atoms with Crippen LogP contribution >= 0.6 is 24.2 Å². The summed E-state index contributed by atoms with van der Waals surface area (Å²) in [5.74, 6) is 1.12. The highest BCUT2D eigenvalue weighted by Gasteiger charge is 2.15. The maximum Gasteiger partial charge on any atom is 0.0937 e. The van der Waals surface area contributed by atoms with Crippen LogP contribution in [0.5, 0.6) is 0 Å². The summed E-state index contributed by atoms with van der Waals surface area (Å²) in [4.78, 5) is 1.04. The predicted molar refractivity (Wildman–Crippen MR) is 45.2 cm³/mol. The molecule has 4 heteroatoms. The normalized spacial score (nSPS) is 22.9. The lowest BCUT2D eigenvalue weighted by atomic mass is 10.5. The van der Waals surface area contributed by atoms with Crippen molar-refractivity contribution in [2.24, 2.45) is 0 Å². The standard InChI is InChI=1S/C5H10N2S2/c1-6-5(8)3-4-9-7(6)2/h3-4H2,1-2H3. The summed E-state index contributed by atoms with van der Waals surface area (Å²) in [5.41, 5.74) is 0. The average molecular weight is 162 g/mol. The van der Waals surface area contributed by atoms with Crippen molar-refractivity contribution in [3.63, 3.8) is 0 Å². The molecule has 1 rings (SSSR count). The van der Waals surface area contributed by atoms with Crippen LogP contribution in [0.25, 0.3) is 0 Å². The summed E-state index contributed by atoms with van der Waals surface area (Å²) in [6.07, 6.45) is 1.04. The van der Waals surface area contributed by atoms with Gasteiger partial charge in [-0.2, -0.15) is 4.41 Å². The van der Waals surface area contributed by atoms with E-state index in [2.05, 4.69) is 4.41 Å². The molecule has 0 radical (unpaired) electrons. The van der Waals surface area contributed by atoms with Crippen molar-refractivity contribution in [2.45, 2.75) is 6.42 Å². The molecule has 1 aliphatic rings. The molecule has 1 saturated heterocycles. The minimum Gasteiger partial charge on any atom is -0.293 e. The third kappa shape index (κ3) is 1.56. The second-order valence-corrected chi connectivity index (χ2v) is 3.63. The molecule has 0 spiro atoms. The van der Waals surface area contributed by atoms with Crippen LogP contribution in [0.1, 0.15) is 6.42 Å². The second kappa shape index (κ2) is 2.86. The van der Waals surface area contributed by atoms with Gasteiger partial charge in [0.25, 0.3) is 0 Å². The van der Waals surface area contributed by atoms with E-state index < -0.39 is 0 Å². The van der Waals surface area contributed by atoms with Crippen LogP contribution in [0.3, 0.4) is 0 Å². The van der Waals surface area contributed by atoms with Crippen molar-refractivity contribution in [1.29, 1.82) is 0 Å². The van der Waals surface area contributed by atoms with Crippen LogP contribution < -0.4 is 0 Å². The molecule has 0 atom stereocenters. The smallest absolute Gasteiger partial charge is 0.0937 e. The number of hydrogen-bond acceptors (Lipinski definition) is 3. The Morgan fingerprint density at radius 1 is 1.56 bits per heavy atom. The van der Waals surface area contributed by atoms with Gasteiger partial charge in [0.15, 0.2) is 0 Å². The third-order valence-corrected chi connectivity index (χ3v) is 2.85. The molecule has 0 aliphatic carbocycles. The zero-order valence-corrected chi connectivity index (χ0v) is 7.26. The van der Waals surface area contributed by atoms with Crippen LogP contribution in [-0.4, -0.2) is 34.3 Å². The number of nitrogens with zero attached hydrogens (tertiary/aromatic N) is 2. The van der Waals surface area contributed by atoms with E-state index in [1.807, 2.05) is 19.1 Å². The summed E-state index contributed by atoms with van der Waals surface area (Å²) in [6.45, 7) is 0. The third-order valence-electron chi connectivity index (χ3n) is 1.38.